The number of nitrogens with zero attached hydrogens (tertiary/aromatic N) is 1. The van der Waals surface area contributed by atoms with E-state index < -0.39 is 0 Å². The van der Waals surface area contributed by atoms with Gasteiger partial charge in [0.15, 0.2) is 0 Å². The topological polar surface area (TPSA) is 23.8 Å². The SMILES string of the molecule is CC.CC1Cc2cc(Cl)c(C#N)cc2C1. The monoisotopic (exact) mass is 221 g/mol. The third-order valence-corrected chi connectivity index (χ3v) is 2.86. The van der Waals surface area contributed by atoms with Crippen molar-refractivity contribution in [3.63, 3.8) is 0 Å². The van der Waals surface area contributed by atoms with Crippen LogP contribution in [0.15, 0.2) is 12.1 Å². The van der Waals surface area contributed by atoms with Crippen molar-refractivity contribution >= 4 is 11.6 Å². The third-order valence-electron chi connectivity index (χ3n) is 2.55. The quantitative estimate of drug-likeness (QED) is 0.650. The van der Waals surface area contributed by atoms with E-state index in [9.17, 15) is 0 Å². The first kappa shape index (κ1) is 12.1. The van der Waals surface area contributed by atoms with Crippen LogP contribution in [0.4, 0.5) is 0 Å². The molecule has 1 aliphatic carbocycles. The van der Waals surface area contributed by atoms with Crippen molar-refractivity contribution < 1.29 is 0 Å². The third kappa shape index (κ3) is 2.52. The van der Waals surface area contributed by atoms with E-state index in [1.54, 1.807) is 0 Å². The normalized spacial score (nSPS) is 17.4. The zero-order valence-corrected chi connectivity index (χ0v) is 10.2. The molecule has 2 rings (SSSR count). The van der Waals surface area contributed by atoms with Crippen molar-refractivity contribution in [3.8, 4) is 6.07 Å². The molecule has 1 atom stereocenters. The second-order valence-corrected chi connectivity index (χ2v) is 4.13. The summed E-state index contributed by atoms with van der Waals surface area (Å²) in [5, 5.41) is 9.37. The molecule has 1 unspecified atom stereocenters. The first-order valence-electron chi connectivity index (χ1n) is 5.42. The summed E-state index contributed by atoms with van der Waals surface area (Å²) >= 11 is 5.93. The van der Waals surface area contributed by atoms with Crippen LogP contribution in [0.2, 0.25) is 5.02 Å². The summed E-state index contributed by atoms with van der Waals surface area (Å²) < 4.78 is 0. The maximum atomic E-state index is 8.78. The highest BCUT2D eigenvalue weighted by molar-refractivity contribution is 6.31. The molecular weight excluding hydrogens is 206 g/mol. The predicted octanol–water partition coefficient (Wildman–Crippen LogP) is 3.97. The number of hydrogen-bond acceptors (Lipinski definition) is 1. The maximum Gasteiger partial charge on any atom is 0.101 e. The lowest BCUT2D eigenvalue weighted by Crippen LogP contribution is -1.89. The molecule has 0 N–H and O–H groups in total. The molecule has 0 bridgehead atoms. The van der Waals surface area contributed by atoms with Gasteiger partial charge < -0.3 is 0 Å². The molecule has 1 aromatic carbocycles. The van der Waals surface area contributed by atoms with Gasteiger partial charge in [-0.1, -0.05) is 32.4 Å². The van der Waals surface area contributed by atoms with Gasteiger partial charge in [0.25, 0.3) is 0 Å². The van der Waals surface area contributed by atoms with Crippen molar-refractivity contribution in [2.24, 2.45) is 5.92 Å². The summed E-state index contributed by atoms with van der Waals surface area (Å²) in [5.74, 6) is 0.694. The van der Waals surface area contributed by atoms with Gasteiger partial charge >= 0.3 is 0 Å². The molecule has 0 saturated carbocycles. The minimum atomic E-state index is 0.593. The molecule has 0 heterocycles. The average molecular weight is 222 g/mol. The van der Waals surface area contributed by atoms with E-state index in [4.69, 9.17) is 16.9 Å². The number of halogens is 1. The molecule has 0 aromatic heterocycles. The lowest BCUT2D eigenvalue weighted by molar-refractivity contribution is 0.628. The smallest absolute Gasteiger partial charge is 0.101 e. The Morgan fingerprint density at radius 1 is 1.27 bits per heavy atom. The summed E-state index contributed by atoms with van der Waals surface area (Å²) in [6.07, 6.45) is 2.18. The van der Waals surface area contributed by atoms with Crippen LogP contribution >= 0.6 is 11.6 Å². The van der Waals surface area contributed by atoms with Crippen LogP contribution in [0.1, 0.15) is 37.5 Å². The van der Waals surface area contributed by atoms with E-state index in [-0.39, 0.29) is 0 Å². The summed E-state index contributed by atoms with van der Waals surface area (Å²) in [6, 6.07) is 5.98. The second kappa shape index (κ2) is 5.19. The standard InChI is InChI=1S/C11H10ClN.C2H6/c1-7-2-8-4-10(6-13)11(12)5-9(8)3-7;1-2/h4-5,7H,2-3H2,1H3;1-2H3. The fraction of sp³-hybridized carbons (Fsp3) is 0.462. The van der Waals surface area contributed by atoms with Crippen LogP contribution in [0, 0.1) is 17.2 Å². The van der Waals surface area contributed by atoms with E-state index in [1.807, 2.05) is 26.0 Å². The van der Waals surface area contributed by atoms with Crippen molar-refractivity contribution in [2.45, 2.75) is 33.6 Å². The molecule has 80 valence electrons. The van der Waals surface area contributed by atoms with E-state index in [1.165, 1.54) is 11.1 Å². The largest absolute Gasteiger partial charge is 0.192 e. The van der Waals surface area contributed by atoms with Crippen molar-refractivity contribution in [3.05, 3.63) is 33.8 Å². The van der Waals surface area contributed by atoms with Gasteiger partial charge in [-0.25, -0.2) is 0 Å². The molecule has 0 spiro atoms. The number of rotatable bonds is 0. The molecule has 0 saturated heterocycles. The van der Waals surface area contributed by atoms with E-state index >= 15 is 0 Å². The van der Waals surface area contributed by atoms with Gasteiger partial charge in [0.1, 0.15) is 6.07 Å². The Morgan fingerprint density at radius 3 is 2.33 bits per heavy atom. The molecular formula is C13H16ClN. The predicted molar refractivity (Wildman–Crippen MR) is 64.1 cm³/mol. The fourth-order valence-corrected chi connectivity index (χ4v) is 2.18. The molecule has 0 aliphatic heterocycles. The Balaban J connectivity index is 0.000000531. The minimum Gasteiger partial charge on any atom is -0.192 e. The molecule has 1 aliphatic rings. The highest BCUT2D eigenvalue weighted by Crippen LogP contribution is 2.30. The Hall–Kier alpha value is -1.00. The zero-order valence-electron chi connectivity index (χ0n) is 9.47. The Kier molecular flexibility index (Phi) is 4.17. The Labute approximate surface area is 96.7 Å². The van der Waals surface area contributed by atoms with Gasteiger partial charge in [-0.05, 0) is 42.0 Å². The van der Waals surface area contributed by atoms with Crippen molar-refractivity contribution in [2.75, 3.05) is 0 Å². The summed E-state index contributed by atoms with van der Waals surface area (Å²) in [4.78, 5) is 0. The number of fused-ring (bicyclic) bond motifs is 1. The van der Waals surface area contributed by atoms with Gasteiger partial charge in [-0.15, -0.1) is 0 Å². The first-order valence-corrected chi connectivity index (χ1v) is 5.80. The lowest BCUT2D eigenvalue weighted by Gasteiger charge is -2.00. The highest BCUT2D eigenvalue weighted by atomic mass is 35.5. The van der Waals surface area contributed by atoms with E-state index in [0.29, 0.717) is 16.5 Å². The molecule has 2 heteroatoms. The van der Waals surface area contributed by atoms with Gasteiger partial charge in [-0.2, -0.15) is 5.26 Å². The minimum absolute atomic E-state index is 0.593. The fourth-order valence-electron chi connectivity index (χ4n) is 1.95. The van der Waals surface area contributed by atoms with Crippen LogP contribution in [-0.2, 0) is 12.8 Å². The van der Waals surface area contributed by atoms with Gasteiger partial charge in [0.2, 0.25) is 0 Å². The van der Waals surface area contributed by atoms with Crippen LogP contribution in [0.25, 0.3) is 0 Å². The summed E-state index contributed by atoms with van der Waals surface area (Å²) in [7, 11) is 0. The summed E-state index contributed by atoms with van der Waals surface area (Å²) in [5.41, 5.74) is 3.22. The highest BCUT2D eigenvalue weighted by Gasteiger charge is 2.19. The van der Waals surface area contributed by atoms with Gasteiger partial charge in [-0.3, -0.25) is 0 Å². The molecule has 0 radical (unpaired) electrons. The van der Waals surface area contributed by atoms with Crippen LogP contribution in [0.3, 0.4) is 0 Å². The number of benzene rings is 1. The van der Waals surface area contributed by atoms with Crippen molar-refractivity contribution in [1.29, 1.82) is 5.26 Å². The molecule has 15 heavy (non-hydrogen) atoms. The molecule has 0 fully saturated rings. The molecule has 0 amide bonds. The lowest BCUT2D eigenvalue weighted by atomic mass is 10.1. The van der Waals surface area contributed by atoms with Crippen LogP contribution < -0.4 is 0 Å². The zero-order chi connectivity index (χ0) is 11.4. The van der Waals surface area contributed by atoms with Gasteiger partial charge in [0, 0.05) is 0 Å². The number of hydrogen-bond donors (Lipinski definition) is 0. The Bertz CT molecular complexity index is 390. The number of nitriles is 1. The molecule has 1 aromatic rings. The van der Waals surface area contributed by atoms with E-state index in [2.05, 4.69) is 13.0 Å². The summed E-state index contributed by atoms with van der Waals surface area (Å²) in [6.45, 7) is 6.22. The Morgan fingerprint density at radius 2 is 1.80 bits per heavy atom. The van der Waals surface area contributed by atoms with Crippen LogP contribution in [-0.4, -0.2) is 0 Å². The maximum absolute atomic E-state index is 8.78. The first-order chi connectivity index (χ1) is 7.20. The van der Waals surface area contributed by atoms with E-state index in [0.717, 1.165) is 12.8 Å². The van der Waals surface area contributed by atoms with Crippen LogP contribution in [0.5, 0.6) is 0 Å². The second-order valence-electron chi connectivity index (χ2n) is 3.73. The average Bonchev–Trinajstić information content (AvgIpc) is 2.59. The van der Waals surface area contributed by atoms with Gasteiger partial charge in [0.05, 0.1) is 10.6 Å². The van der Waals surface area contributed by atoms with Crippen molar-refractivity contribution in [1.82, 2.24) is 0 Å². The molecule has 1 nitrogen and oxygen atoms in total.